The number of nitrogens with zero attached hydrogens (tertiary/aromatic N) is 2. The van der Waals surface area contributed by atoms with E-state index < -0.39 is 0 Å². The van der Waals surface area contributed by atoms with Crippen LogP contribution in [-0.4, -0.2) is 37.1 Å². The van der Waals surface area contributed by atoms with Gasteiger partial charge in [-0.25, -0.2) is 0 Å². The van der Waals surface area contributed by atoms with Gasteiger partial charge in [0.15, 0.2) is 5.96 Å². The Kier molecular flexibility index (Phi) is 4.88. The molecule has 1 atom stereocenters. The van der Waals surface area contributed by atoms with Gasteiger partial charge in [0.05, 0.1) is 12.6 Å². The predicted octanol–water partition coefficient (Wildman–Crippen LogP) is 2.56. The van der Waals surface area contributed by atoms with Crippen molar-refractivity contribution < 1.29 is 4.74 Å². The van der Waals surface area contributed by atoms with E-state index in [2.05, 4.69) is 61.2 Å². The highest BCUT2D eigenvalue weighted by Crippen LogP contribution is 2.22. The summed E-state index contributed by atoms with van der Waals surface area (Å²) in [7, 11) is 2.06. The van der Waals surface area contributed by atoms with Crippen LogP contribution in [0.1, 0.15) is 31.4 Å². The van der Waals surface area contributed by atoms with Crippen molar-refractivity contribution in [1.82, 2.24) is 10.2 Å². The van der Waals surface area contributed by atoms with E-state index in [-0.39, 0.29) is 6.10 Å². The number of benzene rings is 1. The summed E-state index contributed by atoms with van der Waals surface area (Å²) in [6.07, 6.45) is 1.25. The van der Waals surface area contributed by atoms with Gasteiger partial charge in [-0.05, 0) is 31.9 Å². The minimum Gasteiger partial charge on any atom is -0.490 e. The van der Waals surface area contributed by atoms with Crippen molar-refractivity contribution in [2.24, 2.45) is 4.99 Å². The van der Waals surface area contributed by atoms with Gasteiger partial charge in [-0.1, -0.05) is 19.1 Å². The fourth-order valence-electron chi connectivity index (χ4n) is 2.12. The van der Waals surface area contributed by atoms with E-state index in [1.54, 1.807) is 0 Å². The van der Waals surface area contributed by atoms with E-state index in [9.17, 15) is 0 Å². The third-order valence-corrected chi connectivity index (χ3v) is 3.62. The van der Waals surface area contributed by atoms with Gasteiger partial charge < -0.3 is 15.0 Å². The largest absolute Gasteiger partial charge is 0.490 e. The Labute approximate surface area is 121 Å². The number of likely N-dealkylation sites (N-methyl/N-ethyl adjacent to an activating group) is 1. The normalized spacial score (nSPS) is 16.0. The molecular formula is C16H25N3O. The molecule has 1 aromatic rings. The van der Waals surface area contributed by atoms with Crippen LogP contribution in [0.25, 0.3) is 0 Å². The van der Waals surface area contributed by atoms with Crippen LogP contribution in [0.4, 0.5) is 0 Å². The van der Waals surface area contributed by atoms with Gasteiger partial charge >= 0.3 is 0 Å². The molecule has 0 saturated heterocycles. The van der Waals surface area contributed by atoms with Crippen molar-refractivity contribution in [3.63, 3.8) is 0 Å². The van der Waals surface area contributed by atoms with Crippen molar-refractivity contribution in [3.05, 3.63) is 29.3 Å². The lowest BCUT2D eigenvalue weighted by molar-refractivity contribution is 0.215. The standard InChI is InChI=1S/C16H25N3O/c1-5-13(3)20-15-10-12(2)6-7-14(15)11-18-16-17-8-9-19(16)4/h6-7,10,13H,5,8-9,11H2,1-4H3,(H,17,18). The van der Waals surface area contributed by atoms with Crippen LogP contribution in [-0.2, 0) is 6.54 Å². The van der Waals surface area contributed by atoms with E-state index in [0.29, 0.717) is 0 Å². The maximum Gasteiger partial charge on any atom is 0.194 e. The Balaban J connectivity index is 2.06. The van der Waals surface area contributed by atoms with Gasteiger partial charge in [0.2, 0.25) is 0 Å². The van der Waals surface area contributed by atoms with E-state index in [1.807, 2.05) is 0 Å². The highest BCUT2D eigenvalue weighted by Gasteiger charge is 2.13. The molecule has 4 nitrogen and oxygen atoms in total. The molecule has 1 heterocycles. The molecule has 0 saturated carbocycles. The van der Waals surface area contributed by atoms with E-state index in [1.165, 1.54) is 11.1 Å². The SMILES string of the molecule is CCC(C)Oc1cc(C)ccc1CNC1=NCCN1C. The first kappa shape index (κ1) is 14.7. The summed E-state index contributed by atoms with van der Waals surface area (Å²) >= 11 is 0. The van der Waals surface area contributed by atoms with Gasteiger partial charge in [-0.15, -0.1) is 0 Å². The van der Waals surface area contributed by atoms with Gasteiger partial charge in [-0.3, -0.25) is 4.99 Å². The second-order valence-electron chi connectivity index (χ2n) is 5.43. The molecule has 0 spiro atoms. The van der Waals surface area contributed by atoms with E-state index in [0.717, 1.165) is 37.8 Å². The van der Waals surface area contributed by atoms with Crippen molar-refractivity contribution in [2.75, 3.05) is 20.1 Å². The Bertz CT molecular complexity index is 485. The third kappa shape index (κ3) is 3.65. The summed E-state index contributed by atoms with van der Waals surface area (Å²) in [6.45, 7) is 8.95. The van der Waals surface area contributed by atoms with E-state index >= 15 is 0 Å². The second-order valence-corrected chi connectivity index (χ2v) is 5.43. The number of hydrogen-bond acceptors (Lipinski definition) is 4. The fraction of sp³-hybridized carbons (Fsp3) is 0.562. The molecule has 0 aliphatic carbocycles. The number of aliphatic imine (C=N–C) groups is 1. The van der Waals surface area contributed by atoms with Gasteiger partial charge in [0, 0.05) is 25.7 Å². The minimum absolute atomic E-state index is 0.238. The number of ether oxygens (including phenoxy) is 1. The molecule has 0 bridgehead atoms. The highest BCUT2D eigenvalue weighted by molar-refractivity contribution is 5.81. The maximum absolute atomic E-state index is 6.02. The first-order valence-corrected chi connectivity index (χ1v) is 7.35. The molecule has 0 fully saturated rings. The number of rotatable bonds is 5. The Hall–Kier alpha value is -1.71. The van der Waals surface area contributed by atoms with Crippen molar-refractivity contribution in [1.29, 1.82) is 0 Å². The highest BCUT2D eigenvalue weighted by atomic mass is 16.5. The average Bonchev–Trinajstić information content (AvgIpc) is 2.83. The van der Waals surface area contributed by atoms with Crippen LogP contribution >= 0.6 is 0 Å². The lowest BCUT2D eigenvalue weighted by atomic mass is 10.1. The number of guanidine groups is 1. The molecule has 2 rings (SSSR count). The molecule has 1 aliphatic rings. The summed E-state index contributed by atoms with van der Waals surface area (Å²) in [5.41, 5.74) is 2.40. The van der Waals surface area contributed by atoms with Crippen molar-refractivity contribution in [2.45, 2.75) is 39.8 Å². The molecule has 1 aliphatic heterocycles. The quantitative estimate of drug-likeness (QED) is 0.897. The molecule has 20 heavy (non-hydrogen) atoms. The zero-order valence-corrected chi connectivity index (χ0v) is 12.9. The van der Waals surface area contributed by atoms with Crippen LogP contribution in [0.3, 0.4) is 0 Å². The maximum atomic E-state index is 6.02. The van der Waals surface area contributed by atoms with Crippen LogP contribution in [0.2, 0.25) is 0 Å². The molecule has 0 radical (unpaired) electrons. The zero-order chi connectivity index (χ0) is 14.5. The van der Waals surface area contributed by atoms with Gasteiger partial charge in [-0.2, -0.15) is 0 Å². The topological polar surface area (TPSA) is 36.9 Å². The summed E-state index contributed by atoms with van der Waals surface area (Å²) in [4.78, 5) is 6.59. The van der Waals surface area contributed by atoms with Gasteiger partial charge in [0.1, 0.15) is 5.75 Å². The molecular weight excluding hydrogens is 250 g/mol. The molecule has 110 valence electrons. The summed E-state index contributed by atoms with van der Waals surface area (Å²) in [5.74, 6) is 1.95. The van der Waals surface area contributed by atoms with E-state index in [4.69, 9.17) is 4.74 Å². The first-order chi connectivity index (χ1) is 9.60. The lowest BCUT2D eigenvalue weighted by Gasteiger charge is -2.19. The molecule has 0 aromatic heterocycles. The number of nitrogens with one attached hydrogen (secondary N) is 1. The average molecular weight is 275 g/mol. The minimum atomic E-state index is 0.238. The molecule has 1 unspecified atom stereocenters. The molecule has 4 heteroatoms. The Morgan fingerprint density at radius 2 is 2.25 bits per heavy atom. The molecule has 0 amide bonds. The molecule has 1 aromatic carbocycles. The van der Waals surface area contributed by atoms with Crippen LogP contribution in [0.15, 0.2) is 23.2 Å². The second kappa shape index (κ2) is 6.64. The first-order valence-electron chi connectivity index (χ1n) is 7.35. The summed E-state index contributed by atoms with van der Waals surface area (Å²) in [5, 5.41) is 3.39. The van der Waals surface area contributed by atoms with Crippen LogP contribution in [0, 0.1) is 6.92 Å². The number of aryl methyl sites for hydroxylation is 1. The fourth-order valence-corrected chi connectivity index (χ4v) is 2.12. The summed E-state index contributed by atoms with van der Waals surface area (Å²) < 4.78 is 6.02. The Morgan fingerprint density at radius 3 is 2.90 bits per heavy atom. The van der Waals surface area contributed by atoms with Crippen LogP contribution < -0.4 is 10.1 Å². The third-order valence-electron chi connectivity index (χ3n) is 3.62. The smallest absolute Gasteiger partial charge is 0.194 e. The van der Waals surface area contributed by atoms with Crippen LogP contribution in [0.5, 0.6) is 5.75 Å². The Morgan fingerprint density at radius 1 is 1.45 bits per heavy atom. The van der Waals surface area contributed by atoms with Crippen molar-refractivity contribution >= 4 is 5.96 Å². The number of hydrogen-bond donors (Lipinski definition) is 1. The predicted molar refractivity (Wildman–Crippen MR) is 83.3 cm³/mol. The monoisotopic (exact) mass is 275 g/mol. The van der Waals surface area contributed by atoms with Crippen molar-refractivity contribution in [3.8, 4) is 5.75 Å². The summed E-state index contributed by atoms with van der Waals surface area (Å²) in [6, 6.07) is 6.37. The van der Waals surface area contributed by atoms with Gasteiger partial charge in [0.25, 0.3) is 0 Å². The molecule has 1 N–H and O–H groups in total. The zero-order valence-electron chi connectivity index (χ0n) is 12.9. The lowest BCUT2D eigenvalue weighted by Crippen LogP contribution is -2.35.